The SMILES string of the molecule is CC(C)=CC(=O)OCC1=C[C@H]2C(=O)O[C@H]3C[C@@H](C/C=C(\C)C[C@@H](C)/C=C/C=C4\CO[C@H]([C@@H]1O)[C@@]42O)O[C@@]1(CC[C@H](C)[C@@H](C)O1)C3. The van der Waals surface area contributed by atoms with Crippen molar-refractivity contribution >= 4 is 11.9 Å². The van der Waals surface area contributed by atoms with E-state index in [0.29, 0.717) is 37.2 Å². The molecule has 9 heteroatoms. The zero-order valence-corrected chi connectivity index (χ0v) is 27.5. The Bertz CT molecular complexity index is 1290. The van der Waals surface area contributed by atoms with Gasteiger partial charge in [0.25, 0.3) is 0 Å². The van der Waals surface area contributed by atoms with Gasteiger partial charge in [-0.2, -0.15) is 0 Å². The monoisotopic (exact) mass is 626 g/mol. The van der Waals surface area contributed by atoms with Crippen molar-refractivity contribution in [1.29, 1.82) is 0 Å². The van der Waals surface area contributed by atoms with Crippen molar-refractivity contribution in [2.24, 2.45) is 17.8 Å². The van der Waals surface area contributed by atoms with E-state index >= 15 is 0 Å². The Morgan fingerprint density at radius 3 is 2.69 bits per heavy atom. The fraction of sp³-hybridized carbons (Fsp3) is 0.667. The maximum absolute atomic E-state index is 14.2. The van der Waals surface area contributed by atoms with Crippen LogP contribution in [0.1, 0.15) is 80.1 Å². The van der Waals surface area contributed by atoms with Crippen LogP contribution in [0.15, 0.2) is 58.7 Å². The van der Waals surface area contributed by atoms with E-state index in [4.69, 9.17) is 23.7 Å². The molecule has 1 aliphatic carbocycles. The van der Waals surface area contributed by atoms with E-state index in [1.165, 1.54) is 17.7 Å². The average Bonchev–Trinajstić information content (AvgIpc) is 3.30. The van der Waals surface area contributed by atoms with Crippen molar-refractivity contribution in [2.45, 2.75) is 122 Å². The van der Waals surface area contributed by atoms with Crippen LogP contribution in [0.5, 0.6) is 0 Å². The summed E-state index contributed by atoms with van der Waals surface area (Å²) in [4.78, 5) is 26.4. The van der Waals surface area contributed by atoms with Gasteiger partial charge in [0, 0.05) is 25.3 Å². The van der Waals surface area contributed by atoms with Gasteiger partial charge in [0.05, 0.1) is 18.8 Å². The highest BCUT2D eigenvalue weighted by Gasteiger charge is 2.60. The van der Waals surface area contributed by atoms with Gasteiger partial charge in [0.1, 0.15) is 36.4 Å². The minimum absolute atomic E-state index is 0.000742. The Hall–Kier alpha value is -2.56. The molecule has 45 heavy (non-hydrogen) atoms. The standard InChI is InChI=1S/C36H50O9/c1-21(2)14-31(37)41-19-26-16-30-34(39)43-29-17-28(45-35(18-29)13-12-24(5)25(6)44-35)11-10-23(4)15-22(3)8-7-9-27-20-42-33(32(26)38)36(27,30)40/h7-10,14,16,22,24-25,28-30,32-33,38,40H,11-13,15,17-20H2,1-6H3/b8-7+,23-10+,27-9+/t22-,24-,25+,28+,29-,30-,32+,33+,35-,36+/m0/s1. The fourth-order valence-corrected chi connectivity index (χ4v) is 7.32. The van der Waals surface area contributed by atoms with E-state index in [-0.39, 0.29) is 36.9 Å². The normalized spacial score (nSPS) is 43.5. The lowest BCUT2D eigenvalue weighted by Crippen LogP contribution is -2.58. The molecule has 248 valence electrons. The molecule has 0 radical (unpaired) electrons. The van der Waals surface area contributed by atoms with Crippen molar-refractivity contribution in [2.75, 3.05) is 13.2 Å². The van der Waals surface area contributed by atoms with Crippen LogP contribution in [0.4, 0.5) is 0 Å². The second kappa shape index (κ2) is 13.7. The number of hydrogen-bond donors (Lipinski definition) is 2. The van der Waals surface area contributed by atoms with Crippen LogP contribution in [-0.2, 0) is 33.3 Å². The van der Waals surface area contributed by atoms with Gasteiger partial charge in [-0.05, 0) is 69.9 Å². The Kier molecular flexibility index (Phi) is 10.3. The van der Waals surface area contributed by atoms with Crippen LogP contribution in [0.25, 0.3) is 0 Å². The molecule has 0 aromatic heterocycles. The molecular formula is C36H50O9. The molecule has 5 rings (SSSR count). The van der Waals surface area contributed by atoms with Gasteiger partial charge in [0.2, 0.25) is 0 Å². The molecule has 9 nitrogen and oxygen atoms in total. The quantitative estimate of drug-likeness (QED) is 0.253. The molecule has 0 amide bonds. The van der Waals surface area contributed by atoms with E-state index in [2.05, 4.69) is 39.8 Å². The third kappa shape index (κ3) is 7.38. The van der Waals surface area contributed by atoms with Crippen molar-refractivity contribution in [3.05, 3.63) is 58.7 Å². The minimum atomic E-state index is -1.85. The lowest BCUT2D eigenvalue weighted by atomic mass is 9.70. The van der Waals surface area contributed by atoms with E-state index in [0.717, 1.165) is 18.4 Å². The van der Waals surface area contributed by atoms with Gasteiger partial charge in [-0.15, -0.1) is 0 Å². The second-order valence-corrected chi connectivity index (χ2v) is 14.1. The first-order valence-electron chi connectivity index (χ1n) is 16.4. The Labute approximate surface area is 267 Å². The van der Waals surface area contributed by atoms with Crippen molar-refractivity contribution in [3.63, 3.8) is 0 Å². The zero-order chi connectivity index (χ0) is 32.5. The van der Waals surface area contributed by atoms with E-state index in [1.54, 1.807) is 19.9 Å². The molecule has 4 heterocycles. The maximum atomic E-state index is 14.2. The van der Waals surface area contributed by atoms with E-state index in [1.807, 2.05) is 6.08 Å². The van der Waals surface area contributed by atoms with Gasteiger partial charge >= 0.3 is 11.9 Å². The molecule has 3 fully saturated rings. The molecule has 10 atom stereocenters. The van der Waals surface area contributed by atoms with Crippen molar-refractivity contribution in [3.8, 4) is 0 Å². The van der Waals surface area contributed by atoms with Crippen LogP contribution < -0.4 is 0 Å². The van der Waals surface area contributed by atoms with Crippen LogP contribution in [0.3, 0.4) is 0 Å². The summed E-state index contributed by atoms with van der Waals surface area (Å²) in [6.07, 6.45) is 11.7. The first-order chi connectivity index (χ1) is 21.3. The highest BCUT2D eigenvalue weighted by atomic mass is 16.7. The molecule has 1 spiro atoms. The summed E-state index contributed by atoms with van der Waals surface area (Å²) < 4.78 is 30.8. The molecule has 0 saturated carbocycles. The number of aliphatic hydroxyl groups excluding tert-OH is 1. The van der Waals surface area contributed by atoms with Gasteiger partial charge in [-0.25, -0.2) is 4.79 Å². The molecule has 2 bridgehead atoms. The maximum Gasteiger partial charge on any atom is 0.331 e. The lowest BCUT2D eigenvalue weighted by molar-refractivity contribution is -0.332. The van der Waals surface area contributed by atoms with Crippen molar-refractivity contribution < 1.29 is 43.5 Å². The molecule has 0 unspecified atom stereocenters. The molecule has 5 aliphatic rings. The molecule has 3 saturated heterocycles. The molecule has 0 aromatic carbocycles. The molecule has 0 aromatic rings. The van der Waals surface area contributed by atoms with Gasteiger partial charge in [-0.1, -0.05) is 55.4 Å². The first kappa shape index (κ1) is 33.8. The molecule has 4 aliphatic heterocycles. The number of fused-ring (bicyclic) bond motifs is 2. The van der Waals surface area contributed by atoms with E-state index < -0.39 is 47.6 Å². The predicted octanol–water partition coefficient (Wildman–Crippen LogP) is 5.02. The zero-order valence-electron chi connectivity index (χ0n) is 27.5. The van der Waals surface area contributed by atoms with E-state index in [9.17, 15) is 19.8 Å². The van der Waals surface area contributed by atoms with Crippen LogP contribution >= 0.6 is 0 Å². The predicted molar refractivity (Wildman–Crippen MR) is 168 cm³/mol. The minimum Gasteiger partial charge on any atom is -0.462 e. The second-order valence-electron chi connectivity index (χ2n) is 14.1. The van der Waals surface area contributed by atoms with Gasteiger partial charge < -0.3 is 33.9 Å². The van der Waals surface area contributed by atoms with Gasteiger partial charge in [0.15, 0.2) is 5.79 Å². The molecule has 2 N–H and O–H groups in total. The number of aliphatic hydroxyl groups is 2. The third-order valence-electron chi connectivity index (χ3n) is 9.95. The van der Waals surface area contributed by atoms with Crippen LogP contribution in [0.2, 0.25) is 0 Å². The summed E-state index contributed by atoms with van der Waals surface area (Å²) in [7, 11) is 0. The third-order valence-corrected chi connectivity index (χ3v) is 9.95. The van der Waals surface area contributed by atoms with Gasteiger partial charge in [-0.3, -0.25) is 4.79 Å². The first-order valence-corrected chi connectivity index (χ1v) is 16.4. The summed E-state index contributed by atoms with van der Waals surface area (Å²) in [5.41, 5.74) is 0.929. The average molecular weight is 627 g/mol. The number of carbonyl (C=O) groups is 2. The highest BCUT2D eigenvalue weighted by molar-refractivity contribution is 5.83. The van der Waals surface area contributed by atoms with Crippen LogP contribution in [0, 0.1) is 17.8 Å². The largest absolute Gasteiger partial charge is 0.462 e. The van der Waals surface area contributed by atoms with Crippen LogP contribution in [-0.4, -0.2) is 77.3 Å². The number of hydrogen-bond acceptors (Lipinski definition) is 9. The number of allylic oxidation sites excluding steroid dienone is 5. The fourth-order valence-electron chi connectivity index (χ4n) is 7.32. The lowest BCUT2D eigenvalue weighted by Gasteiger charge is -2.49. The summed E-state index contributed by atoms with van der Waals surface area (Å²) in [6, 6.07) is 0. The number of ether oxygens (including phenoxy) is 5. The topological polar surface area (TPSA) is 121 Å². The Balaban J connectivity index is 1.51. The summed E-state index contributed by atoms with van der Waals surface area (Å²) in [5, 5.41) is 23.6. The Morgan fingerprint density at radius 1 is 1.18 bits per heavy atom. The Morgan fingerprint density at radius 2 is 1.96 bits per heavy atom. The number of carbonyl (C=O) groups excluding carboxylic acids is 2. The highest BCUT2D eigenvalue weighted by Crippen LogP contribution is 2.47. The number of esters is 2. The number of rotatable bonds is 3. The summed E-state index contributed by atoms with van der Waals surface area (Å²) in [5.74, 6) is -2.62. The summed E-state index contributed by atoms with van der Waals surface area (Å²) >= 11 is 0. The molecular weight excluding hydrogens is 576 g/mol. The van der Waals surface area contributed by atoms with Crippen molar-refractivity contribution in [1.82, 2.24) is 0 Å². The summed E-state index contributed by atoms with van der Waals surface area (Å²) in [6.45, 7) is 11.8. The smallest absolute Gasteiger partial charge is 0.331 e.